The zero-order chi connectivity index (χ0) is 25.6. The molecule has 2 aromatic carbocycles. The highest BCUT2D eigenvalue weighted by atomic mass is 16.4. The van der Waals surface area contributed by atoms with E-state index in [2.05, 4.69) is 44.0 Å². The Morgan fingerprint density at radius 1 is 1.03 bits per heavy atom. The van der Waals surface area contributed by atoms with Crippen LogP contribution in [0.15, 0.2) is 59.3 Å². The van der Waals surface area contributed by atoms with E-state index >= 15 is 0 Å². The Hall–Kier alpha value is -4.02. The summed E-state index contributed by atoms with van der Waals surface area (Å²) in [6.45, 7) is 8.26. The average molecular weight is 499 g/mol. The van der Waals surface area contributed by atoms with Crippen molar-refractivity contribution < 1.29 is 9.52 Å². The summed E-state index contributed by atoms with van der Waals surface area (Å²) in [7, 11) is 0. The van der Waals surface area contributed by atoms with Crippen LogP contribution in [0.25, 0.3) is 33.4 Å². The number of oxazole rings is 1. The van der Waals surface area contributed by atoms with E-state index in [1.165, 1.54) is 5.56 Å². The third-order valence-electron chi connectivity index (χ3n) is 7.00. The van der Waals surface area contributed by atoms with Gasteiger partial charge in [0.25, 0.3) is 6.01 Å². The number of aromatic nitrogens is 5. The Balaban J connectivity index is 1.40. The summed E-state index contributed by atoms with van der Waals surface area (Å²) in [6.07, 6.45) is 1.59. The first-order valence-corrected chi connectivity index (χ1v) is 12.5. The maximum atomic E-state index is 10.1. The van der Waals surface area contributed by atoms with Gasteiger partial charge in [-0.1, -0.05) is 30.3 Å². The van der Waals surface area contributed by atoms with Gasteiger partial charge >= 0.3 is 0 Å². The quantitative estimate of drug-likeness (QED) is 0.363. The lowest BCUT2D eigenvalue weighted by atomic mass is 10.1. The van der Waals surface area contributed by atoms with Crippen molar-refractivity contribution in [1.29, 1.82) is 0 Å². The molecule has 0 amide bonds. The normalized spacial score (nSPS) is 15.2. The summed E-state index contributed by atoms with van der Waals surface area (Å²) in [4.78, 5) is 18.4. The van der Waals surface area contributed by atoms with Gasteiger partial charge in [0, 0.05) is 38.3 Å². The van der Waals surface area contributed by atoms with E-state index in [1.807, 2.05) is 38.1 Å². The predicted molar refractivity (Wildman–Crippen MR) is 143 cm³/mol. The molecule has 0 unspecified atom stereocenters. The topological polar surface area (TPSA) is 122 Å². The van der Waals surface area contributed by atoms with Crippen molar-refractivity contribution in [3.63, 3.8) is 0 Å². The fraction of sp³-hybridized carbons (Fsp3) is 0.333. The molecule has 10 nitrogen and oxygen atoms in total. The molecule has 0 saturated carbocycles. The molecule has 0 atom stereocenters. The molecule has 3 N–H and O–H groups in total. The second-order valence-electron chi connectivity index (χ2n) is 10.1. The number of fused-ring (bicyclic) bond motifs is 2. The molecule has 37 heavy (non-hydrogen) atoms. The first-order chi connectivity index (χ1) is 17.9. The summed E-state index contributed by atoms with van der Waals surface area (Å²) in [6, 6.07) is 16.4. The number of rotatable bonds is 6. The molecule has 190 valence electrons. The average Bonchev–Trinajstić information content (AvgIpc) is 3.49. The highest BCUT2D eigenvalue weighted by Crippen LogP contribution is 2.37. The number of piperazine rings is 1. The minimum absolute atomic E-state index is 0.0838. The fourth-order valence-electron chi connectivity index (χ4n) is 4.92. The van der Waals surface area contributed by atoms with Crippen LogP contribution in [-0.4, -0.2) is 67.5 Å². The largest absolute Gasteiger partial charge is 0.424 e. The van der Waals surface area contributed by atoms with Crippen LogP contribution in [0, 0.1) is 0 Å². The summed E-state index contributed by atoms with van der Waals surface area (Å²) >= 11 is 0. The van der Waals surface area contributed by atoms with Crippen molar-refractivity contribution in [1.82, 2.24) is 29.6 Å². The molecule has 0 spiro atoms. The van der Waals surface area contributed by atoms with Crippen molar-refractivity contribution in [2.45, 2.75) is 25.9 Å². The molecule has 1 fully saturated rings. The molecular formula is C27H30N8O2. The zero-order valence-electron chi connectivity index (χ0n) is 21.0. The van der Waals surface area contributed by atoms with Crippen LogP contribution in [-0.2, 0) is 12.1 Å². The number of nitrogens with two attached hydrogens (primary N) is 1. The van der Waals surface area contributed by atoms with Crippen LogP contribution in [0.3, 0.4) is 0 Å². The number of nitrogens with zero attached hydrogens (tertiary/aromatic N) is 7. The summed E-state index contributed by atoms with van der Waals surface area (Å²) in [5.41, 5.74) is 10.00. The summed E-state index contributed by atoms with van der Waals surface area (Å²) in [5.74, 6) is 0.846. The fourth-order valence-corrected chi connectivity index (χ4v) is 4.92. The number of anilines is 2. The first kappa shape index (κ1) is 23.4. The standard InChI is InChI=1S/C27H30N8O2/c1-27(2,16-36)35-25-22(23(32-35)19-8-9-21-20(14-19)31-26(28)37-21)24(29-17-30-25)34-12-10-33(11-13-34)15-18-6-4-3-5-7-18/h3-9,14,17,36H,10-13,15-16H2,1-2H3,(H2,28,31). The Kier molecular flexibility index (Phi) is 5.77. The maximum Gasteiger partial charge on any atom is 0.292 e. The smallest absolute Gasteiger partial charge is 0.292 e. The van der Waals surface area contributed by atoms with Crippen molar-refractivity contribution in [2.24, 2.45) is 0 Å². The molecule has 0 radical (unpaired) electrons. The molecule has 5 aromatic rings. The number of nitrogen functional groups attached to an aromatic ring is 1. The molecule has 0 aliphatic carbocycles. The minimum Gasteiger partial charge on any atom is -0.424 e. The highest BCUT2D eigenvalue weighted by Gasteiger charge is 2.30. The zero-order valence-corrected chi connectivity index (χ0v) is 21.0. The summed E-state index contributed by atoms with van der Waals surface area (Å²) < 4.78 is 7.27. The lowest BCUT2D eigenvalue weighted by Gasteiger charge is -2.35. The van der Waals surface area contributed by atoms with E-state index in [0.717, 1.165) is 55.2 Å². The maximum absolute atomic E-state index is 10.1. The van der Waals surface area contributed by atoms with Gasteiger partial charge in [-0.15, -0.1) is 0 Å². The van der Waals surface area contributed by atoms with Gasteiger partial charge in [0.05, 0.1) is 17.5 Å². The van der Waals surface area contributed by atoms with Crippen LogP contribution >= 0.6 is 0 Å². The molecular weight excluding hydrogens is 468 g/mol. The Morgan fingerprint density at radius 2 is 1.81 bits per heavy atom. The van der Waals surface area contributed by atoms with E-state index in [4.69, 9.17) is 20.2 Å². The second-order valence-corrected chi connectivity index (χ2v) is 10.1. The van der Waals surface area contributed by atoms with Gasteiger partial charge < -0.3 is 20.2 Å². The third-order valence-corrected chi connectivity index (χ3v) is 7.00. The van der Waals surface area contributed by atoms with Crippen LogP contribution in [0.1, 0.15) is 19.4 Å². The number of benzene rings is 2. The molecule has 10 heteroatoms. The van der Waals surface area contributed by atoms with Gasteiger partial charge in [0.15, 0.2) is 11.2 Å². The number of hydrogen-bond acceptors (Lipinski definition) is 9. The Morgan fingerprint density at radius 3 is 2.57 bits per heavy atom. The van der Waals surface area contributed by atoms with E-state index in [-0.39, 0.29) is 12.6 Å². The Bertz CT molecular complexity index is 1550. The minimum atomic E-state index is -0.654. The molecule has 6 rings (SSSR count). The molecule has 1 aliphatic rings. The van der Waals surface area contributed by atoms with Gasteiger partial charge in [-0.25, -0.2) is 14.6 Å². The van der Waals surface area contributed by atoms with Gasteiger partial charge in [-0.05, 0) is 37.6 Å². The summed E-state index contributed by atoms with van der Waals surface area (Å²) in [5, 5.41) is 16.0. The first-order valence-electron chi connectivity index (χ1n) is 12.5. The van der Waals surface area contributed by atoms with Crippen molar-refractivity contribution >= 4 is 34.0 Å². The number of aliphatic hydroxyl groups is 1. The van der Waals surface area contributed by atoms with Crippen LogP contribution in [0.4, 0.5) is 11.8 Å². The highest BCUT2D eigenvalue weighted by molar-refractivity contribution is 6.00. The van der Waals surface area contributed by atoms with Crippen molar-refractivity contribution in [3.8, 4) is 11.3 Å². The van der Waals surface area contributed by atoms with E-state index < -0.39 is 5.54 Å². The van der Waals surface area contributed by atoms with E-state index in [9.17, 15) is 5.11 Å². The molecule has 4 heterocycles. The monoisotopic (exact) mass is 498 g/mol. The second kappa shape index (κ2) is 9.13. The van der Waals surface area contributed by atoms with Gasteiger partial charge in [0.1, 0.15) is 23.4 Å². The molecule has 0 bridgehead atoms. The van der Waals surface area contributed by atoms with Crippen LogP contribution in [0.2, 0.25) is 0 Å². The third kappa shape index (κ3) is 4.28. The number of aliphatic hydroxyl groups excluding tert-OH is 1. The van der Waals surface area contributed by atoms with Crippen LogP contribution in [0.5, 0.6) is 0 Å². The molecule has 1 saturated heterocycles. The van der Waals surface area contributed by atoms with Gasteiger partial charge in [-0.3, -0.25) is 4.90 Å². The van der Waals surface area contributed by atoms with Gasteiger partial charge in [0.2, 0.25) is 0 Å². The van der Waals surface area contributed by atoms with Crippen LogP contribution < -0.4 is 10.6 Å². The van der Waals surface area contributed by atoms with Crippen molar-refractivity contribution in [2.75, 3.05) is 43.4 Å². The lowest BCUT2D eigenvalue weighted by Crippen LogP contribution is -2.46. The number of hydrogen-bond donors (Lipinski definition) is 2. The van der Waals surface area contributed by atoms with E-state index in [0.29, 0.717) is 16.7 Å². The van der Waals surface area contributed by atoms with E-state index in [1.54, 1.807) is 11.0 Å². The predicted octanol–water partition coefficient (Wildman–Crippen LogP) is 3.27. The van der Waals surface area contributed by atoms with Gasteiger partial charge in [-0.2, -0.15) is 10.1 Å². The molecule has 1 aliphatic heterocycles. The molecule has 3 aromatic heterocycles. The SMILES string of the molecule is CC(C)(CO)n1nc(-c2ccc3oc(N)nc3c2)c2c(N3CCN(Cc4ccccc4)CC3)ncnc21. The lowest BCUT2D eigenvalue weighted by molar-refractivity contribution is 0.156. The van der Waals surface area contributed by atoms with Crippen molar-refractivity contribution in [3.05, 3.63) is 60.4 Å². The Labute approximate surface area is 214 Å².